The summed E-state index contributed by atoms with van der Waals surface area (Å²) in [5, 5.41) is 11.2. The van der Waals surface area contributed by atoms with E-state index in [-0.39, 0.29) is 24.0 Å². The van der Waals surface area contributed by atoms with Crippen molar-refractivity contribution in [2.45, 2.75) is 33.6 Å². The average molecular weight is 492 g/mol. The number of aliphatic imine (C=N–C) groups is 1. The number of nitrogens with zero attached hydrogens (tertiary/aromatic N) is 3. The maximum atomic E-state index is 5.89. The van der Waals surface area contributed by atoms with E-state index in [2.05, 4.69) is 46.5 Å². The minimum atomic E-state index is 0. The lowest BCUT2D eigenvalue weighted by Gasteiger charge is -2.10. The van der Waals surface area contributed by atoms with E-state index in [4.69, 9.17) is 16.1 Å². The number of benzene rings is 1. The van der Waals surface area contributed by atoms with Crippen molar-refractivity contribution in [2.75, 3.05) is 19.6 Å². The van der Waals surface area contributed by atoms with Gasteiger partial charge in [-0.2, -0.15) is 4.98 Å². The van der Waals surface area contributed by atoms with Crippen LogP contribution in [0.25, 0.3) is 11.4 Å². The highest BCUT2D eigenvalue weighted by Gasteiger charge is 2.08. The molecular weight excluding hydrogens is 465 g/mol. The molecule has 0 amide bonds. The van der Waals surface area contributed by atoms with E-state index in [1.807, 2.05) is 24.3 Å². The largest absolute Gasteiger partial charge is 0.357 e. The fraction of sp³-hybridized carbons (Fsp3) is 0.500. The SMILES string of the molecule is CCNC(=NCCC(C)C)NCCc1nc(-c2ccc(Cl)cc2)no1.I. The number of hydrogen-bond acceptors (Lipinski definition) is 4. The summed E-state index contributed by atoms with van der Waals surface area (Å²) < 4.78 is 5.31. The Hall–Kier alpha value is -1.35. The van der Waals surface area contributed by atoms with Crippen molar-refractivity contribution in [1.29, 1.82) is 0 Å². The number of aromatic nitrogens is 2. The van der Waals surface area contributed by atoms with Gasteiger partial charge in [0.1, 0.15) is 0 Å². The molecule has 8 heteroatoms. The zero-order chi connectivity index (χ0) is 18.1. The maximum absolute atomic E-state index is 5.89. The molecule has 1 aromatic carbocycles. The van der Waals surface area contributed by atoms with Crippen molar-refractivity contribution < 1.29 is 4.52 Å². The van der Waals surface area contributed by atoms with E-state index in [1.54, 1.807) is 0 Å². The van der Waals surface area contributed by atoms with Crippen molar-refractivity contribution >= 4 is 41.5 Å². The molecule has 0 atom stereocenters. The summed E-state index contributed by atoms with van der Waals surface area (Å²) in [4.78, 5) is 8.98. The van der Waals surface area contributed by atoms with Crippen molar-refractivity contribution in [3.8, 4) is 11.4 Å². The number of nitrogens with one attached hydrogen (secondary N) is 2. The monoisotopic (exact) mass is 491 g/mol. The van der Waals surface area contributed by atoms with Crippen LogP contribution < -0.4 is 10.6 Å². The normalized spacial score (nSPS) is 11.3. The van der Waals surface area contributed by atoms with Crippen LogP contribution in [-0.2, 0) is 6.42 Å². The Balaban J connectivity index is 0.00000338. The third kappa shape index (κ3) is 7.90. The number of guanidine groups is 1. The standard InChI is InChI=1S/C18H26ClN5O.HI/c1-4-20-18(21-11-9-13(2)3)22-12-10-16-23-17(24-25-16)14-5-7-15(19)8-6-14;/h5-8,13H,4,9-12H2,1-3H3,(H2,20,21,22);1H. The molecule has 0 spiro atoms. The molecular formula is C18H27ClIN5O. The third-order valence-electron chi connectivity index (χ3n) is 3.52. The molecule has 0 saturated carbocycles. The summed E-state index contributed by atoms with van der Waals surface area (Å²) in [6.07, 6.45) is 1.71. The number of rotatable bonds is 8. The minimum absolute atomic E-state index is 0. The van der Waals surface area contributed by atoms with Gasteiger partial charge in [-0.25, -0.2) is 0 Å². The van der Waals surface area contributed by atoms with Crippen LogP contribution in [0, 0.1) is 5.92 Å². The van der Waals surface area contributed by atoms with Crippen LogP contribution in [-0.4, -0.2) is 35.7 Å². The topological polar surface area (TPSA) is 75.3 Å². The molecule has 144 valence electrons. The first-order valence-corrected chi connectivity index (χ1v) is 9.07. The molecule has 0 aliphatic heterocycles. The highest BCUT2D eigenvalue weighted by atomic mass is 127. The van der Waals surface area contributed by atoms with Crippen molar-refractivity contribution in [3.05, 3.63) is 35.2 Å². The van der Waals surface area contributed by atoms with Crippen LogP contribution >= 0.6 is 35.6 Å². The van der Waals surface area contributed by atoms with Gasteiger partial charge in [0, 0.05) is 36.6 Å². The molecule has 2 aromatic rings. The van der Waals surface area contributed by atoms with E-state index < -0.39 is 0 Å². The van der Waals surface area contributed by atoms with E-state index in [9.17, 15) is 0 Å². The van der Waals surface area contributed by atoms with Crippen molar-refractivity contribution in [3.63, 3.8) is 0 Å². The third-order valence-corrected chi connectivity index (χ3v) is 3.77. The number of halogens is 2. The zero-order valence-electron chi connectivity index (χ0n) is 15.5. The van der Waals surface area contributed by atoms with Gasteiger partial charge in [0.05, 0.1) is 0 Å². The molecule has 2 rings (SSSR count). The highest BCUT2D eigenvalue weighted by molar-refractivity contribution is 14.0. The van der Waals surface area contributed by atoms with Crippen LogP contribution in [0.1, 0.15) is 33.1 Å². The Bertz CT molecular complexity index is 672. The molecule has 1 aromatic heterocycles. The van der Waals surface area contributed by atoms with Crippen LogP contribution in [0.4, 0.5) is 0 Å². The summed E-state index contributed by atoms with van der Waals surface area (Å²) in [7, 11) is 0. The first-order chi connectivity index (χ1) is 12.1. The van der Waals surface area contributed by atoms with Gasteiger partial charge < -0.3 is 15.2 Å². The molecule has 0 unspecified atom stereocenters. The van der Waals surface area contributed by atoms with Gasteiger partial charge in [-0.3, -0.25) is 4.99 Å². The van der Waals surface area contributed by atoms with Crippen LogP contribution in [0.3, 0.4) is 0 Å². The molecule has 0 saturated heterocycles. The minimum Gasteiger partial charge on any atom is -0.357 e. The Morgan fingerprint density at radius 2 is 1.96 bits per heavy atom. The Kier molecular flexibility index (Phi) is 10.6. The van der Waals surface area contributed by atoms with E-state index in [1.165, 1.54) is 0 Å². The van der Waals surface area contributed by atoms with Gasteiger partial charge >= 0.3 is 0 Å². The molecule has 0 radical (unpaired) electrons. The number of hydrogen-bond donors (Lipinski definition) is 2. The predicted octanol–water partition coefficient (Wildman–Crippen LogP) is 4.15. The van der Waals surface area contributed by atoms with E-state index in [0.29, 0.717) is 35.6 Å². The quantitative estimate of drug-likeness (QED) is 0.330. The van der Waals surface area contributed by atoms with E-state index in [0.717, 1.165) is 31.0 Å². The van der Waals surface area contributed by atoms with Gasteiger partial charge in [-0.15, -0.1) is 24.0 Å². The van der Waals surface area contributed by atoms with Gasteiger partial charge in [-0.05, 0) is 43.5 Å². The smallest absolute Gasteiger partial charge is 0.228 e. The molecule has 6 nitrogen and oxygen atoms in total. The maximum Gasteiger partial charge on any atom is 0.228 e. The van der Waals surface area contributed by atoms with Gasteiger partial charge in [0.15, 0.2) is 5.96 Å². The first-order valence-electron chi connectivity index (χ1n) is 8.69. The lowest BCUT2D eigenvalue weighted by Crippen LogP contribution is -2.38. The van der Waals surface area contributed by atoms with Gasteiger partial charge in [0.25, 0.3) is 0 Å². The highest BCUT2D eigenvalue weighted by Crippen LogP contribution is 2.18. The Morgan fingerprint density at radius 3 is 2.62 bits per heavy atom. The molecule has 0 aliphatic rings. The zero-order valence-corrected chi connectivity index (χ0v) is 18.5. The van der Waals surface area contributed by atoms with Crippen molar-refractivity contribution in [1.82, 2.24) is 20.8 Å². The van der Waals surface area contributed by atoms with Crippen molar-refractivity contribution in [2.24, 2.45) is 10.9 Å². The second-order valence-electron chi connectivity index (χ2n) is 6.14. The fourth-order valence-electron chi connectivity index (χ4n) is 2.14. The summed E-state index contributed by atoms with van der Waals surface area (Å²) in [5.41, 5.74) is 0.885. The predicted molar refractivity (Wildman–Crippen MR) is 117 cm³/mol. The summed E-state index contributed by atoms with van der Waals surface area (Å²) in [6.45, 7) is 8.77. The van der Waals surface area contributed by atoms with Crippen LogP contribution in [0.15, 0.2) is 33.8 Å². The Labute approximate surface area is 177 Å². The average Bonchev–Trinajstić information content (AvgIpc) is 3.04. The lowest BCUT2D eigenvalue weighted by molar-refractivity contribution is 0.378. The molecule has 26 heavy (non-hydrogen) atoms. The summed E-state index contributed by atoms with van der Waals surface area (Å²) in [5.74, 6) is 2.64. The summed E-state index contributed by atoms with van der Waals surface area (Å²) in [6, 6.07) is 7.37. The van der Waals surface area contributed by atoms with Gasteiger partial charge in [0.2, 0.25) is 11.7 Å². The first kappa shape index (κ1) is 22.7. The molecule has 0 aliphatic carbocycles. The molecule has 0 bridgehead atoms. The lowest BCUT2D eigenvalue weighted by atomic mass is 10.1. The molecule has 0 fully saturated rings. The fourth-order valence-corrected chi connectivity index (χ4v) is 2.26. The van der Waals surface area contributed by atoms with E-state index >= 15 is 0 Å². The summed E-state index contributed by atoms with van der Waals surface area (Å²) >= 11 is 5.89. The Morgan fingerprint density at radius 1 is 1.23 bits per heavy atom. The molecule has 2 N–H and O–H groups in total. The molecule has 1 heterocycles. The second kappa shape index (κ2) is 12.1. The van der Waals surface area contributed by atoms with Gasteiger partial charge in [-0.1, -0.05) is 30.6 Å². The second-order valence-corrected chi connectivity index (χ2v) is 6.58. The van der Waals surface area contributed by atoms with Crippen LogP contribution in [0.2, 0.25) is 5.02 Å². The van der Waals surface area contributed by atoms with Crippen LogP contribution in [0.5, 0.6) is 0 Å².